The Hall–Kier alpha value is -1.27. The molecule has 1 heterocycles. The fraction of sp³-hybridized carbons (Fsp3) is 0.462. The molecule has 1 amide bonds. The third-order valence-corrected chi connectivity index (χ3v) is 4.71. The lowest BCUT2D eigenvalue weighted by molar-refractivity contribution is -0.128. The Morgan fingerprint density at radius 2 is 1.90 bits per heavy atom. The number of carbonyl (C=O) groups is 1. The van der Waals surface area contributed by atoms with E-state index in [9.17, 15) is 13.2 Å². The molecule has 1 saturated heterocycles. The van der Waals surface area contributed by atoms with Gasteiger partial charge in [0.2, 0.25) is 15.9 Å². The zero-order valence-corrected chi connectivity index (χ0v) is 12.8. The van der Waals surface area contributed by atoms with E-state index in [1.54, 1.807) is 29.2 Å². The molecule has 0 spiro atoms. The second-order valence-electron chi connectivity index (χ2n) is 4.81. The number of hydrogen-bond acceptors (Lipinski definition) is 3. The molecule has 7 heteroatoms. The first-order valence-electron chi connectivity index (χ1n) is 6.39. The van der Waals surface area contributed by atoms with E-state index in [0.717, 1.165) is 23.4 Å². The van der Waals surface area contributed by atoms with Crippen molar-refractivity contribution in [3.8, 4) is 0 Å². The number of benzene rings is 1. The van der Waals surface area contributed by atoms with Crippen molar-refractivity contribution in [2.45, 2.75) is 12.8 Å². The van der Waals surface area contributed by atoms with Gasteiger partial charge in [-0.15, -0.1) is 0 Å². The molecule has 1 aromatic carbocycles. The third-order valence-electron chi connectivity index (χ3n) is 3.26. The smallest absolute Gasteiger partial charge is 0.243 e. The van der Waals surface area contributed by atoms with E-state index in [-0.39, 0.29) is 12.5 Å². The highest BCUT2D eigenvalue weighted by atomic mass is 35.5. The predicted octanol–water partition coefficient (Wildman–Crippen LogP) is 1.73. The highest BCUT2D eigenvalue weighted by Gasteiger charge is 2.26. The molecule has 0 bridgehead atoms. The van der Waals surface area contributed by atoms with Gasteiger partial charge in [0.05, 0.1) is 17.0 Å². The van der Waals surface area contributed by atoms with E-state index >= 15 is 0 Å². The summed E-state index contributed by atoms with van der Waals surface area (Å²) < 4.78 is 24.9. The number of likely N-dealkylation sites (tertiary alicyclic amines) is 1. The number of sulfonamides is 1. The maximum absolute atomic E-state index is 12.2. The fourth-order valence-corrected chi connectivity index (χ4v) is 3.37. The summed E-state index contributed by atoms with van der Waals surface area (Å²) in [5, 5.41) is 0.312. The lowest BCUT2D eigenvalue weighted by atomic mass is 10.3. The molecule has 0 radical (unpaired) electrons. The zero-order chi connectivity index (χ0) is 14.8. The SMILES string of the molecule is CS(=O)(=O)N(CC(=O)N1CCCC1)c1ccccc1Cl. The molecule has 110 valence electrons. The average Bonchev–Trinajstić information content (AvgIpc) is 2.89. The van der Waals surface area contributed by atoms with Crippen molar-refractivity contribution in [3.63, 3.8) is 0 Å². The molecule has 2 rings (SSSR count). The largest absolute Gasteiger partial charge is 0.341 e. The van der Waals surface area contributed by atoms with Crippen molar-refractivity contribution in [1.29, 1.82) is 0 Å². The Morgan fingerprint density at radius 3 is 2.45 bits per heavy atom. The first-order chi connectivity index (χ1) is 9.39. The van der Waals surface area contributed by atoms with Crippen LogP contribution in [0.2, 0.25) is 5.02 Å². The first kappa shape index (κ1) is 15.1. The summed E-state index contributed by atoms with van der Waals surface area (Å²) in [7, 11) is -3.56. The summed E-state index contributed by atoms with van der Waals surface area (Å²) in [4.78, 5) is 13.9. The van der Waals surface area contributed by atoms with Crippen LogP contribution in [0.25, 0.3) is 0 Å². The Labute approximate surface area is 124 Å². The molecule has 1 aliphatic rings. The van der Waals surface area contributed by atoms with Gasteiger partial charge in [-0.3, -0.25) is 9.10 Å². The molecule has 5 nitrogen and oxygen atoms in total. The molecular formula is C13H17ClN2O3S. The van der Waals surface area contributed by atoms with Gasteiger partial charge in [-0.1, -0.05) is 23.7 Å². The first-order valence-corrected chi connectivity index (χ1v) is 8.62. The zero-order valence-electron chi connectivity index (χ0n) is 11.3. The summed E-state index contributed by atoms with van der Waals surface area (Å²) in [5.41, 5.74) is 0.337. The number of para-hydroxylation sites is 1. The quantitative estimate of drug-likeness (QED) is 0.850. The molecular weight excluding hydrogens is 300 g/mol. The molecule has 1 aliphatic heterocycles. The second kappa shape index (κ2) is 6.01. The molecule has 20 heavy (non-hydrogen) atoms. The number of anilines is 1. The van der Waals surface area contributed by atoms with Crippen LogP contribution >= 0.6 is 11.6 Å². The van der Waals surface area contributed by atoms with E-state index in [2.05, 4.69) is 0 Å². The van der Waals surface area contributed by atoms with Gasteiger partial charge < -0.3 is 4.90 Å². The Kier molecular flexibility index (Phi) is 4.55. The molecule has 1 aromatic rings. The van der Waals surface area contributed by atoms with Gasteiger partial charge in [0.1, 0.15) is 6.54 Å². The molecule has 0 aliphatic carbocycles. The van der Waals surface area contributed by atoms with Gasteiger partial charge in [0.25, 0.3) is 0 Å². The summed E-state index contributed by atoms with van der Waals surface area (Å²) in [6.45, 7) is 1.18. The predicted molar refractivity (Wildman–Crippen MR) is 79.5 cm³/mol. The van der Waals surface area contributed by atoms with Gasteiger partial charge in [-0.05, 0) is 25.0 Å². The van der Waals surface area contributed by atoms with Crippen LogP contribution < -0.4 is 4.31 Å². The van der Waals surface area contributed by atoms with Crippen LogP contribution in [0, 0.1) is 0 Å². The van der Waals surface area contributed by atoms with Crippen LogP contribution in [0.5, 0.6) is 0 Å². The number of halogens is 1. The standard InChI is InChI=1S/C13H17ClN2O3S/c1-20(18,19)16(12-7-3-2-6-11(12)14)10-13(17)15-8-4-5-9-15/h2-3,6-7H,4-5,8-10H2,1H3. The summed E-state index contributed by atoms with van der Waals surface area (Å²) in [5.74, 6) is -0.187. The van der Waals surface area contributed by atoms with Crippen LogP contribution in [0.15, 0.2) is 24.3 Å². The molecule has 0 saturated carbocycles. The average molecular weight is 317 g/mol. The Morgan fingerprint density at radius 1 is 1.30 bits per heavy atom. The Bertz CT molecular complexity index is 597. The topological polar surface area (TPSA) is 57.7 Å². The lowest BCUT2D eigenvalue weighted by Crippen LogP contribution is -2.41. The van der Waals surface area contributed by atoms with Crippen molar-refractivity contribution >= 4 is 33.2 Å². The van der Waals surface area contributed by atoms with E-state index in [0.29, 0.717) is 23.8 Å². The van der Waals surface area contributed by atoms with Gasteiger partial charge >= 0.3 is 0 Å². The van der Waals surface area contributed by atoms with Crippen molar-refractivity contribution < 1.29 is 13.2 Å². The number of hydrogen-bond donors (Lipinski definition) is 0. The third kappa shape index (κ3) is 3.43. The number of amides is 1. The lowest BCUT2D eigenvalue weighted by Gasteiger charge is -2.25. The van der Waals surface area contributed by atoms with Crippen LogP contribution in [0.3, 0.4) is 0 Å². The van der Waals surface area contributed by atoms with Crippen LogP contribution in [0.1, 0.15) is 12.8 Å². The van der Waals surface area contributed by atoms with Gasteiger partial charge in [-0.25, -0.2) is 8.42 Å². The van der Waals surface area contributed by atoms with E-state index in [1.807, 2.05) is 0 Å². The molecule has 0 unspecified atom stereocenters. The van der Waals surface area contributed by atoms with Crippen molar-refractivity contribution in [2.24, 2.45) is 0 Å². The van der Waals surface area contributed by atoms with Gasteiger partial charge in [0.15, 0.2) is 0 Å². The minimum atomic E-state index is -3.56. The Balaban J connectivity index is 2.25. The summed E-state index contributed by atoms with van der Waals surface area (Å²) in [6.07, 6.45) is 3.01. The molecule has 1 fully saturated rings. The molecule has 0 atom stereocenters. The van der Waals surface area contributed by atoms with E-state index in [1.165, 1.54) is 0 Å². The normalized spacial score (nSPS) is 15.4. The summed E-state index contributed by atoms with van der Waals surface area (Å²) >= 11 is 6.04. The van der Waals surface area contributed by atoms with Crippen molar-refractivity contribution in [2.75, 3.05) is 30.2 Å². The number of nitrogens with zero attached hydrogens (tertiary/aromatic N) is 2. The van der Waals surface area contributed by atoms with E-state index < -0.39 is 10.0 Å². The molecule has 0 N–H and O–H groups in total. The van der Waals surface area contributed by atoms with Crippen LogP contribution in [-0.4, -0.2) is 45.1 Å². The van der Waals surface area contributed by atoms with Crippen LogP contribution in [-0.2, 0) is 14.8 Å². The maximum Gasteiger partial charge on any atom is 0.243 e. The van der Waals surface area contributed by atoms with Crippen LogP contribution in [0.4, 0.5) is 5.69 Å². The van der Waals surface area contributed by atoms with Gasteiger partial charge in [0, 0.05) is 13.1 Å². The fourth-order valence-electron chi connectivity index (χ4n) is 2.22. The second-order valence-corrected chi connectivity index (χ2v) is 7.12. The number of carbonyl (C=O) groups excluding carboxylic acids is 1. The highest BCUT2D eigenvalue weighted by Crippen LogP contribution is 2.27. The van der Waals surface area contributed by atoms with Crippen molar-refractivity contribution in [1.82, 2.24) is 4.90 Å². The highest BCUT2D eigenvalue weighted by molar-refractivity contribution is 7.92. The summed E-state index contributed by atoms with van der Waals surface area (Å²) in [6, 6.07) is 6.62. The van der Waals surface area contributed by atoms with Crippen molar-refractivity contribution in [3.05, 3.63) is 29.3 Å². The van der Waals surface area contributed by atoms with Gasteiger partial charge in [-0.2, -0.15) is 0 Å². The van der Waals surface area contributed by atoms with E-state index in [4.69, 9.17) is 11.6 Å². The minimum Gasteiger partial charge on any atom is -0.341 e. The monoisotopic (exact) mass is 316 g/mol. The molecule has 0 aromatic heterocycles. The maximum atomic E-state index is 12.2. The minimum absolute atomic E-state index is 0.187. The number of rotatable bonds is 4.